The van der Waals surface area contributed by atoms with E-state index in [2.05, 4.69) is 11.4 Å². The first-order valence-electron chi connectivity index (χ1n) is 8.10. The molecule has 0 saturated carbocycles. The summed E-state index contributed by atoms with van der Waals surface area (Å²) in [5.41, 5.74) is 2.00. The second-order valence-corrected chi connectivity index (χ2v) is 5.70. The topological polar surface area (TPSA) is 55.3 Å². The lowest BCUT2D eigenvalue weighted by Gasteiger charge is -2.16. The van der Waals surface area contributed by atoms with Gasteiger partial charge in [-0.1, -0.05) is 42.5 Å². The van der Waals surface area contributed by atoms with Crippen LogP contribution >= 0.6 is 0 Å². The van der Waals surface area contributed by atoms with Gasteiger partial charge in [0, 0.05) is 0 Å². The first kappa shape index (κ1) is 21.0. The molecule has 136 valence electrons. The van der Waals surface area contributed by atoms with E-state index in [-0.39, 0.29) is 18.4 Å². The van der Waals surface area contributed by atoms with E-state index in [1.165, 1.54) is 0 Å². The summed E-state index contributed by atoms with van der Waals surface area (Å²) in [6, 6.07) is 15.7. The Bertz CT molecular complexity index is 661. The van der Waals surface area contributed by atoms with Crippen LogP contribution < -0.4 is 27.2 Å². The van der Waals surface area contributed by atoms with Crippen LogP contribution in [0.5, 0.6) is 11.5 Å². The molecule has 0 saturated heterocycles. The van der Waals surface area contributed by atoms with Gasteiger partial charge < -0.3 is 32.3 Å². The van der Waals surface area contributed by atoms with Crippen molar-refractivity contribution >= 4 is 6.08 Å². The maximum atomic E-state index is 10.3. The van der Waals surface area contributed by atoms with Gasteiger partial charge in [0.15, 0.2) is 11.5 Å². The van der Waals surface area contributed by atoms with Crippen LogP contribution in [0.2, 0.25) is 0 Å². The van der Waals surface area contributed by atoms with Crippen molar-refractivity contribution in [2.24, 2.45) is 0 Å². The minimum Gasteiger partial charge on any atom is -1.00 e. The predicted octanol–water partition coefficient (Wildman–Crippen LogP) is -0.593. The molecule has 0 aliphatic carbocycles. The molecule has 0 heterocycles. The maximum Gasteiger partial charge on any atom is 0.161 e. The highest BCUT2D eigenvalue weighted by Crippen LogP contribution is 2.27. The van der Waals surface area contributed by atoms with E-state index in [0.29, 0.717) is 0 Å². The van der Waals surface area contributed by atoms with Crippen molar-refractivity contribution in [3.8, 4) is 11.5 Å². The molecule has 0 amide bonds. The molecule has 2 rings (SSSR count). The Morgan fingerprint density at radius 1 is 1.04 bits per heavy atom. The number of aliphatic hydroxyl groups is 1. The van der Waals surface area contributed by atoms with Crippen molar-refractivity contribution in [1.29, 1.82) is 0 Å². The summed E-state index contributed by atoms with van der Waals surface area (Å²) in [6.45, 7) is 2.82. The average Bonchev–Trinajstić information content (AvgIpc) is 2.64. The molecule has 0 aliphatic heterocycles. The van der Waals surface area contributed by atoms with Crippen LogP contribution in [0.15, 0.2) is 54.6 Å². The number of benzene rings is 2. The fraction of sp³-hybridized carbons (Fsp3) is 0.300. The van der Waals surface area contributed by atoms with Crippen molar-refractivity contribution in [3.05, 3.63) is 65.7 Å². The summed E-state index contributed by atoms with van der Waals surface area (Å²) in [5.74, 6) is 1.44. The number of rotatable bonds is 8. The van der Waals surface area contributed by atoms with Crippen LogP contribution in [0.1, 0.15) is 24.2 Å². The minimum atomic E-state index is -0.472. The van der Waals surface area contributed by atoms with Gasteiger partial charge in [0.1, 0.15) is 12.1 Å². The van der Waals surface area contributed by atoms with Crippen LogP contribution in [-0.2, 0) is 0 Å². The standard InChI is InChI=1S/C20H25NO3.ClH/c1-15(20(22)17-9-5-4-6-10-17)21-13-7-8-16-11-12-18(23-2)19(14-16)24-3;/h4-12,14-15,20-22H,13H2,1-3H3;1H/b8-7+;. The van der Waals surface area contributed by atoms with Gasteiger partial charge in [-0.05, 0) is 36.3 Å². The highest BCUT2D eigenvalue weighted by molar-refractivity contribution is 5.55. The summed E-state index contributed by atoms with van der Waals surface area (Å²) in [7, 11) is 3.26. The molecule has 2 atom stereocenters. The Labute approximate surface area is 155 Å². The van der Waals surface area contributed by atoms with Gasteiger partial charge >= 0.3 is 0 Å². The number of nitrogens with two attached hydrogens (primary N) is 1. The number of ether oxygens (including phenoxy) is 2. The van der Waals surface area contributed by atoms with Crippen molar-refractivity contribution in [2.45, 2.75) is 19.1 Å². The van der Waals surface area contributed by atoms with Crippen molar-refractivity contribution in [2.75, 3.05) is 20.8 Å². The van der Waals surface area contributed by atoms with Crippen molar-refractivity contribution in [1.82, 2.24) is 0 Å². The zero-order valence-electron chi connectivity index (χ0n) is 14.9. The average molecular weight is 364 g/mol. The van der Waals surface area contributed by atoms with E-state index < -0.39 is 6.10 Å². The Morgan fingerprint density at radius 3 is 2.36 bits per heavy atom. The number of methoxy groups -OCH3 is 2. The fourth-order valence-corrected chi connectivity index (χ4v) is 2.54. The van der Waals surface area contributed by atoms with Gasteiger partial charge in [-0.2, -0.15) is 0 Å². The van der Waals surface area contributed by atoms with Gasteiger partial charge in [-0.15, -0.1) is 0 Å². The SMILES string of the molecule is COc1ccc(/C=C/C[NH2+]C(C)C(O)c2ccccc2)cc1OC.[Cl-]. The molecule has 4 nitrogen and oxygen atoms in total. The lowest BCUT2D eigenvalue weighted by atomic mass is 10.0. The third-order valence-electron chi connectivity index (χ3n) is 4.00. The highest BCUT2D eigenvalue weighted by Gasteiger charge is 2.17. The Hall–Kier alpha value is -2.01. The third-order valence-corrected chi connectivity index (χ3v) is 4.00. The first-order chi connectivity index (χ1) is 11.7. The summed E-state index contributed by atoms with van der Waals surface area (Å²) >= 11 is 0. The summed E-state index contributed by atoms with van der Waals surface area (Å²) in [6.07, 6.45) is 3.65. The van der Waals surface area contributed by atoms with Crippen LogP contribution in [-0.4, -0.2) is 31.9 Å². The first-order valence-corrected chi connectivity index (χ1v) is 8.10. The number of quaternary nitrogens is 1. The molecule has 25 heavy (non-hydrogen) atoms. The molecule has 3 N–H and O–H groups in total. The van der Waals surface area contributed by atoms with E-state index in [4.69, 9.17) is 9.47 Å². The zero-order chi connectivity index (χ0) is 17.4. The van der Waals surface area contributed by atoms with E-state index in [9.17, 15) is 5.11 Å². The Balaban J connectivity index is 0.00000312. The molecule has 0 bridgehead atoms. The number of hydrogen-bond acceptors (Lipinski definition) is 3. The summed E-state index contributed by atoms with van der Waals surface area (Å²) in [4.78, 5) is 0. The zero-order valence-corrected chi connectivity index (χ0v) is 15.6. The molecule has 0 aromatic heterocycles. The van der Waals surface area contributed by atoms with Crippen LogP contribution in [0.4, 0.5) is 0 Å². The van der Waals surface area contributed by atoms with Gasteiger partial charge in [0.2, 0.25) is 0 Å². The molecule has 0 fully saturated rings. The lowest BCUT2D eigenvalue weighted by Crippen LogP contribution is -3.00. The maximum absolute atomic E-state index is 10.3. The fourth-order valence-electron chi connectivity index (χ4n) is 2.54. The highest BCUT2D eigenvalue weighted by atomic mass is 35.5. The molecule has 2 unspecified atom stereocenters. The van der Waals surface area contributed by atoms with Crippen LogP contribution in [0, 0.1) is 0 Å². The van der Waals surface area contributed by atoms with Crippen molar-refractivity contribution in [3.63, 3.8) is 0 Å². The Morgan fingerprint density at radius 2 is 1.72 bits per heavy atom. The second-order valence-electron chi connectivity index (χ2n) is 5.70. The van der Waals surface area contributed by atoms with Gasteiger partial charge in [0.05, 0.1) is 20.8 Å². The van der Waals surface area contributed by atoms with Gasteiger partial charge in [0.25, 0.3) is 0 Å². The molecule has 2 aromatic rings. The summed E-state index contributed by atoms with van der Waals surface area (Å²) in [5, 5.41) is 12.5. The van der Waals surface area contributed by atoms with E-state index in [1.54, 1.807) is 14.2 Å². The van der Waals surface area contributed by atoms with Gasteiger partial charge in [-0.3, -0.25) is 0 Å². The number of halogens is 1. The Kier molecular flexibility index (Phi) is 9.06. The largest absolute Gasteiger partial charge is 1.00 e. The minimum absolute atomic E-state index is 0. The second kappa shape index (κ2) is 10.8. The van der Waals surface area contributed by atoms with E-state index >= 15 is 0 Å². The molecule has 5 heteroatoms. The molecular formula is C20H26ClNO3. The smallest absolute Gasteiger partial charge is 0.161 e. The number of hydrogen-bond donors (Lipinski definition) is 2. The summed E-state index contributed by atoms with van der Waals surface area (Å²) < 4.78 is 10.5. The van der Waals surface area contributed by atoms with E-state index in [0.717, 1.165) is 29.2 Å². The normalized spacial score (nSPS) is 13.1. The molecule has 0 aliphatic rings. The molecule has 0 spiro atoms. The molecule has 2 aromatic carbocycles. The molecule has 0 radical (unpaired) electrons. The number of aliphatic hydroxyl groups excluding tert-OH is 1. The van der Waals surface area contributed by atoms with Crippen molar-refractivity contribution < 1.29 is 32.3 Å². The lowest BCUT2D eigenvalue weighted by molar-refractivity contribution is -0.686. The molecular weight excluding hydrogens is 338 g/mol. The van der Waals surface area contributed by atoms with E-state index in [1.807, 2.05) is 61.5 Å². The van der Waals surface area contributed by atoms with Crippen LogP contribution in [0.3, 0.4) is 0 Å². The monoisotopic (exact) mass is 363 g/mol. The quantitative estimate of drug-likeness (QED) is 0.659. The van der Waals surface area contributed by atoms with Crippen LogP contribution in [0.25, 0.3) is 6.08 Å². The van der Waals surface area contributed by atoms with Gasteiger partial charge in [-0.25, -0.2) is 0 Å². The third kappa shape index (κ3) is 6.09. The predicted molar refractivity (Wildman–Crippen MR) is 96.2 cm³/mol.